The summed E-state index contributed by atoms with van der Waals surface area (Å²) in [5.74, 6) is 3.13. The van der Waals surface area contributed by atoms with E-state index in [0.717, 1.165) is 81.5 Å². The molecule has 0 atom stereocenters. The maximum atomic E-state index is 14.2. The van der Waals surface area contributed by atoms with E-state index in [4.69, 9.17) is 14.8 Å². The molecule has 2 aromatic heterocycles. The first-order valence-corrected chi connectivity index (χ1v) is 15.9. The number of nitrogens with zero attached hydrogens (tertiary/aromatic N) is 5. The number of hydrogen-bond acceptors (Lipinski definition) is 6. The summed E-state index contributed by atoms with van der Waals surface area (Å²) in [5.41, 5.74) is 3.84. The largest absolute Gasteiger partial charge is 0.496 e. The molecule has 1 amide bonds. The van der Waals surface area contributed by atoms with E-state index in [1.165, 1.54) is 11.1 Å². The van der Waals surface area contributed by atoms with E-state index in [-0.39, 0.29) is 28.8 Å². The minimum atomic E-state index is -0.290. The third-order valence-electron chi connectivity index (χ3n) is 10.9. The van der Waals surface area contributed by atoms with Crippen LogP contribution in [0.3, 0.4) is 0 Å². The number of benzene rings is 1. The van der Waals surface area contributed by atoms with Gasteiger partial charge < -0.3 is 9.84 Å². The van der Waals surface area contributed by atoms with Crippen LogP contribution in [0.1, 0.15) is 99.9 Å². The van der Waals surface area contributed by atoms with E-state index in [1.54, 1.807) is 19.6 Å². The standard InChI is InChI=1S/C34H43N5O3/c1-23-19-26(7-10-29(23)42-2)34-15-12-33(13-16-34,14-17-34)21-38(32(41)25-5-8-28(40)9-6-25)30-20-27(11-18-35-30)39-22-36-31(37-39)24-3-4-24/h7,10-11,18-20,22,24-25,28,40H,3-6,8-9,12-17,21H2,1-2H3. The van der Waals surface area contributed by atoms with Crippen molar-refractivity contribution in [3.8, 4) is 11.4 Å². The molecule has 42 heavy (non-hydrogen) atoms. The predicted octanol–water partition coefficient (Wildman–Crippen LogP) is 6.03. The van der Waals surface area contributed by atoms with Gasteiger partial charge >= 0.3 is 0 Å². The van der Waals surface area contributed by atoms with Crippen molar-refractivity contribution < 1.29 is 14.6 Å². The van der Waals surface area contributed by atoms with Crippen molar-refractivity contribution in [1.82, 2.24) is 19.7 Å². The van der Waals surface area contributed by atoms with E-state index < -0.39 is 0 Å². The fourth-order valence-electron chi connectivity index (χ4n) is 7.92. The van der Waals surface area contributed by atoms with E-state index in [9.17, 15) is 9.90 Å². The van der Waals surface area contributed by atoms with Gasteiger partial charge in [-0.2, -0.15) is 5.10 Å². The number of aliphatic hydroxyl groups excluding tert-OH is 1. The second kappa shape index (κ2) is 10.8. The Balaban J connectivity index is 1.15. The highest BCUT2D eigenvalue weighted by Gasteiger charge is 2.50. The number of rotatable bonds is 8. The normalized spacial score (nSPS) is 28.9. The van der Waals surface area contributed by atoms with E-state index in [1.807, 2.05) is 21.7 Å². The molecule has 0 aliphatic heterocycles. The molecule has 2 heterocycles. The zero-order valence-electron chi connectivity index (χ0n) is 25.0. The quantitative estimate of drug-likeness (QED) is 0.356. The molecule has 222 valence electrons. The number of pyridine rings is 1. The molecule has 5 fully saturated rings. The lowest BCUT2D eigenvalue weighted by Crippen LogP contribution is -2.52. The monoisotopic (exact) mass is 569 g/mol. The summed E-state index contributed by atoms with van der Waals surface area (Å²) in [4.78, 5) is 25.5. The van der Waals surface area contributed by atoms with Crippen molar-refractivity contribution >= 4 is 11.7 Å². The highest BCUT2D eigenvalue weighted by molar-refractivity contribution is 5.94. The molecule has 5 aliphatic rings. The van der Waals surface area contributed by atoms with Crippen LogP contribution in [0.15, 0.2) is 42.9 Å². The molecule has 1 aromatic carbocycles. The lowest BCUT2D eigenvalue weighted by Gasteiger charge is -2.55. The zero-order chi connectivity index (χ0) is 28.9. The lowest BCUT2D eigenvalue weighted by molar-refractivity contribution is -0.124. The molecule has 0 unspecified atom stereocenters. The van der Waals surface area contributed by atoms with Crippen molar-refractivity contribution in [2.75, 3.05) is 18.6 Å². The molecule has 8 nitrogen and oxygen atoms in total. The average Bonchev–Trinajstić information content (AvgIpc) is 3.76. The van der Waals surface area contributed by atoms with Gasteiger partial charge in [0.15, 0.2) is 5.82 Å². The Kier molecular flexibility index (Phi) is 7.08. The van der Waals surface area contributed by atoms with Crippen molar-refractivity contribution in [3.05, 3.63) is 59.8 Å². The Morgan fingerprint density at radius 3 is 2.40 bits per heavy atom. The molecule has 8 rings (SSSR count). The van der Waals surface area contributed by atoms with Crippen LogP contribution in [0.25, 0.3) is 5.69 Å². The smallest absolute Gasteiger partial charge is 0.231 e. The maximum Gasteiger partial charge on any atom is 0.231 e. The Hall–Kier alpha value is -3.26. The van der Waals surface area contributed by atoms with Gasteiger partial charge in [0.1, 0.15) is 17.9 Å². The molecule has 0 saturated heterocycles. The minimum Gasteiger partial charge on any atom is -0.496 e. The zero-order valence-corrected chi connectivity index (χ0v) is 25.0. The summed E-state index contributed by atoms with van der Waals surface area (Å²) in [6.45, 7) is 2.83. The Morgan fingerprint density at radius 2 is 1.74 bits per heavy atom. The Labute approximate surface area is 248 Å². The summed E-state index contributed by atoms with van der Waals surface area (Å²) >= 11 is 0. The SMILES string of the molecule is COc1ccc(C23CCC(CN(C(=O)C4CCC(O)CC4)c4cc(-n5cnc(C6CC6)n5)ccn4)(CC2)CC3)cc1C. The second-order valence-electron chi connectivity index (χ2n) is 13.6. The molecular formula is C34H43N5O3. The first-order chi connectivity index (χ1) is 20.4. The summed E-state index contributed by atoms with van der Waals surface area (Å²) in [7, 11) is 1.74. The molecule has 5 aliphatic carbocycles. The molecule has 5 saturated carbocycles. The molecule has 8 heteroatoms. The van der Waals surface area contributed by atoms with Gasteiger partial charge in [0, 0.05) is 30.6 Å². The van der Waals surface area contributed by atoms with Crippen LogP contribution < -0.4 is 9.64 Å². The van der Waals surface area contributed by atoms with Gasteiger partial charge in [-0.15, -0.1) is 0 Å². The van der Waals surface area contributed by atoms with E-state index >= 15 is 0 Å². The first kappa shape index (κ1) is 27.6. The number of carbonyl (C=O) groups excluding carboxylic acids is 1. The van der Waals surface area contributed by atoms with Crippen LogP contribution in [-0.2, 0) is 10.2 Å². The van der Waals surface area contributed by atoms with Crippen molar-refractivity contribution in [2.24, 2.45) is 11.3 Å². The van der Waals surface area contributed by atoms with Gasteiger partial charge in [-0.05, 0) is 118 Å². The predicted molar refractivity (Wildman–Crippen MR) is 161 cm³/mol. The number of aromatic nitrogens is 4. The topological polar surface area (TPSA) is 93.4 Å². The fraction of sp³-hybridized carbons (Fsp3) is 0.588. The number of fused-ring (bicyclic) bond motifs is 3. The van der Waals surface area contributed by atoms with Crippen LogP contribution in [0.5, 0.6) is 5.75 Å². The van der Waals surface area contributed by atoms with E-state index in [0.29, 0.717) is 31.1 Å². The number of aliphatic hydroxyl groups is 1. The minimum absolute atomic E-state index is 0.0726. The van der Waals surface area contributed by atoms with Crippen LogP contribution in [0, 0.1) is 18.3 Å². The number of anilines is 1. The highest BCUT2D eigenvalue weighted by Crippen LogP contribution is 2.58. The number of ether oxygens (including phenoxy) is 1. The van der Waals surface area contributed by atoms with Gasteiger partial charge in [0.2, 0.25) is 5.91 Å². The number of methoxy groups -OCH3 is 1. The molecule has 0 radical (unpaired) electrons. The van der Waals surface area contributed by atoms with Gasteiger partial charge in [-0.1, -0.05) is 12.1 Å². The van der Waals surface area contributed by atoms with Crippen LogP contribution in [0.2, 0.25) is 0 Å². The van der Waals surface area contributed by atoms with Crippen LogP contribution >= 0.6 is 0 Å². The summed E-state index contributed by atoms with van der Waals surface area (Å²) in [6, 6.07) is 10.7. The van der Waals surface area contributed by atoms with Gasteiger partial charge in [-0.3, -0.25) is 9.69 Å². The molecule has 3 aromatic rings. The first-order valence-electron chi connectivity index (χ1n) is 15.9. The highest BCUT2D eigenvalue weighted by atomic mass is 16.5. The van der Waals surface area contributed by atoms with Crippen molar-refractivity contribution in [1.29, 1.82) is 0 Å². The molecular weight excluding hydrogens is 526 g/mol. The van der Waals surface area contributed by atoms with Crippen molar-refractivity contribution in [3.63, 3.8) is 0 Å². The molecule has 2 bridgehead atoms. The molecule has 1 N–H and O–H groups in total. The lowest BCUT2D eigenvalue weighted by atomic mass is 9.51. The second-order valence-corrected chi connectivity index (χ2v) is 13.6. The average molecular weight is 570 g/mol. The van der Waals surface area contributed by atoms with Gasteiger partial charge in [0.05, 0.1) is 18.9 Å². The Bertz CT molecular complexity index is 1430. The number of carbonyl (C=O) groups is 1. The van der Waals surface area contributed by atoms with Gasteiger partial charge in [-0.25, -0.2) is 14.6 Å². The third kappa shape index (κ3) is 5.12. The number of amides is 1. The van der Waals surface area contributed by atoms with Crippen molar-refractivity contribution in [2.45, 2.75) is 101 Å². The summed E-state index contributed by atoms with van der Waals surface area (Å²) < 4.78 is 7.35. The van der Waals surface area contributed by atoms with E-state index in [2.05, 4.69) is 30.1 Å². The van der Waals surface area contributed by atoms with Crippen LogP contribution in [-0.4, -0.2) is 50.5 Å². The van der Waals surface area contributed by atoms with Crippen LogP contribution in [0.4, 0.5) is 5.82 Å². The molecule has 0 spiro atoms. The maximum absolute atomic E-state index is 14.2. The summed E-state index contributed by atoms with van der Waals surface area (Å²) in [5, 5.41) is 14.9. The Morgan fingerprint density at radius 1 is 1.00 bits per heavy atom. The van der Waals surface area contributed by atoms with Gasteiger partial charge in [0.25, 0.3) is 0 Å². The summed E-state index contributed by atoms with van der Waals surface area (Å²) in [6.07, 6.45) is 15.2. The third-order valence-corrected chi connectivity index (χ3v) is 10.9. The number of hydrogen-bond donors (Lipinski definition) is 1. The number of aryl methyl sites for hydroxylation is 1. The fourth-order valence-corrected chi connectivity index (χ4v) is 7.92.